The number of hydrogen-bond acceptors (Lipinski definition) is 5. The van der Waals surface area contributed by atoms with Crippen molar-refractivity contribution in [3.05, 3.63) is 87.1 Å². The first-order valence-corrected chi connectivity index (χ1v) is 15.9. The Morgan fingerprint density at radius 2 is 1.85 bits per heavy atom. The summed E-state index contributed by atoms with van der Waals surface area (Å²) >= 11 is 1.89. The van der Waals surface area contributed by atoms with E-state index in [0.29, 0.717) is 11.8 Å². The van der Waals surface area contributed by atoms with Gasteiger partial charge in [0.2, 0.25) is 0 Å². The van der Waals surface area contributed by atoms with E-state index in [-0.39, 0.29) is 23.7 Å². The van der Waals surface area contributed by atoms with E-state index < -0.39 is 12.0 Å². The Balaban J connectivity index is 1.25. The predicted molar refractivity (Wildman–Crippen MR) is 164 cm³/mol. The summed E-state index contributed by atoms with van der Waals surface area (Å²) in [5, 5.41) is 11.1. The van der Waals surface area contributed by atoms with Crippen LogP contribution in [0.4, 0.5) is 4.39 Å². The lowest BCUT2D eigenvalue weighted by Gasteiger charge is -2.35. The van der Waals surface area contributed by atoms with Crippen LogP contribution in [0.3, 0.4) is 0 Å². The zero-order chi connectivity index (χ0) is 29.1. The van der Waals surface area contributed by atoms with E-state index in [9.17, 15) is 14.3 Å². The highest BCUT2D eigenvalue weighted by Gasteiger charge is 2.42. The van der Waals surface area contributed by atoms with Gasteiger partial charge in [-0.2, -0.15) is 0 Å². The Bertz CT molecular complexity index is 1300. The predicted octanol–water partition coefficient (Wildman–Crippen LogP) is 6.96. The number of nitrogens with zero attached hydrogens (tertiary/aromatic N) is 3. The standard InChI is InChI=1S/C34H44FN3O2S/c1-22(2)32(34(39)40)37(4)29-19-27(30(20-29)26-11-8-12-28(35)18-26)21-38-15-13-25(14-16-38)33-23(3)36-31(41-33)17-24-9-6-5-7-10-24/h5-12,18,22,25,27,29-30,32H,13-17,19-21H2,1-4H3,(H,39,40)/t27?,29?,30?,32-/m1/s1. The zero-order valence-corrected chi connectivity index (χ0v) is 25.6. The average Bonchev–Trinajstić information content (AvgIpc) is 3.52. The van der Waals surface area contributed by atoms with Gasteiger partial charge in [0, 0.05) is 23.9 Å². The molecule has 1 aliphatic heterocycles. The molecule has 0 radical (unpaired) electrons. The highest BCUT2D eigenvalue weighted by atomic mass is 32.1. The van der Waals surface area contributed by atoms with Crippen molar-refractivity contribution < 1.29 is 14.3 Å². The molecule has 0 bridgehead atoms. The Labute approximate surface area is 248 Å². The van der Waals surface area contributed by atoms with Crippen molar-refractivity contribution in [3.8, 4) is 0 Å². The van der Waals surface area contributed by atoms with Gasteiger partial charge in [-0.05, 0) is 99.7 Å². The molecule has 2 fully saturated rings. The summed E-state index contributed by atoms with van der Waals surface area (Å²) in [6.45, 7) is 9.18. The third-order valence-electron chi connectivity index (χ3n) is 9.37. The van der Waals surface area contributed by atoms with Crippen LogP contribution in [0.1, 0.15) is 78.1 Å². The number of aliphatic carboxylic acids is 1. The van der Waals surface area contributed by atoms with Gasteiger partial charge in [0.15, 0.2) is 0 Å². The topological polar surface area (TPSA) is 56.7 Å². The van der Waals surface area contributed by atoms with E-state index in [1.165, 1.54) is 27.2 Å². The maximum Gasteiger partial charge on any atom is 0.321 e. The Kier molecular flexibility index (Phi) is 9.57. The number of likely N-dealkylation sites (tertiary alicyclic amines) is 1. The van der Waals surface area contributed by atoms with E-state index in [1.54, 1.807) is 6.07 Å². The molecular weight excluding hydrogens is 533 g/mol. The minimum atomic E-state index is -0.763. The molecule has 1 aromatic heterocycles. The third kappa shape index (κ3) is 7.07. The van der Waals surface area contributed by atoms with Gasteiger partial charge in [0.05, 0.1) is 10.7 Å². The van der Waals surface area contributed by atoms with Crippen molar-refractivity contribution in [3.63, 3.8) is 0 Å². The maximum absolute atomic E-state index is 14.3. The molecular formula is C34H44FN3O2S. The summed E-state index contributed by atoms with van der Waals surface area (Å²) in [7, 11) is 1.96. The molecule has 4 atom stereocenters. The summed E-state index contributed by atoms with van der Waals surface area (Å²) in [6, 6.07) is 17.3. The molecule has 1 N–H and O–H groups in total. The third-order valence-corrected chi connectivity index (χ3v) is 10.7. The smallest absolute Gasteiger partial charge is 0.321 e. The SMILES string of the molecule is Cc1nc(Cc2ccccc2)sc1C1CCN(CC2CC(N(C)[C@@H](C(=O)O)C(C)C)CC2c2cccc(F)c2)CC1. The van der Waals surface area contributed by atoms with Gasteiger partial charge < -0.3 is 10.0 Å². The molecule has 3 unspecified atom stereocenters. The van der Waals surface area contributed by atoms with Crippen LogP contribution in [-0.4, -0.2) is 64.6 Å². The van der Waals surface area contributed by atoms with Gasteiger partial charge in [-0.3, -0.25) is 9.69 Å². The highest BCUT2D eigenvalue weighted by Crippen LogP contribution is 2.44. The molecule has 41 heavy (non-hydrogen) atoms. The van der Waals surface area contributed by atoms with Crippen molar-refractivity contribution >= 4 is 17.3 Å². The second-order valence-electron chi connectivity index (χ2n) is 12.5. The molecule has 0 amide bonds. The largest absolute Gasteiger partial charge is 0.480 e. The molecule has 1 saturated carbocycles. The molecule has 7 heteroatoms. The minimum absolute atomic E-state index is 0.0200. The highest BCUT2D eigenvalue weighted by molar-refractivity contribution is 7.11. The average molecular weight is 578 g/mol. The van der Waals surface area contributed by atoms with E-state index in [2.05, 4.69) is 47.1 Å². The fourth-order valence-corrected chi connectivity index (χ4v) is 8.60. The van der Waals surface area contributed by atoms with Gasteiger partial charge >= 0.3 is 5.97 Å². The molecule has 5 rings (SSSR count). The van der Waals surface area contributed by atoms with Crippen LogP contribution in [0, 0.1) is 24.6 Å². The number of benzene rings is 2. The van der Waals surface area contributed by atoms with Gasteiger partial charge in [0.1, 0.15) is 11.9 Å². The van der Waals surface area contributed by atoms with E-state index in [1.807, 2.05) is 44.4 Å². The van der Waals surface area contributed by atoms with Crippen LogP contribution < -0.4 is 0 Å². The monoisotopic (exact) mass is 577 g/mol. The second-order valence-corrected chi connectivity index (χ2v) is 13.6. The molecule has 2 aliphatic rings. The normalized spacial score (nSPS) is 23.0. The number of aryl methyl sites for hydroxylation is 1. The Morgan fingerprint density at radius 1 is 1.12 bits per heavy atom. The van der Waals surface area contributed by atoms with Crippen LogP contribution in [0.25, 0.3) is 0 Å². The Hall–Kier alpha value is -2.61. The quantitative estimate of drug-likeness (QED) is 0.282. The minimum Gasteiger partial charge on any atom is -0.480 e. The van der Waals surface area contributed by atoms with Crippen molar-refractivity contribution in [2.45, 2.75) is 76.8 Å². The summed E-state index contributed by atoms with van der Waals surface area (Å²) in [5.41, 5.74) is 3.54. The van der Waals surface area contributed by atoms with Crippen LogP contribution >= 0.6 is 11.3 Å². The molecule has 1 saturated heterocycles. The number of carbonyl (C=O) groups is 1. The fourth-order valence-electron chi connectivity index (χ4n) is 7.33. The van der Waals surface area contributed by atoms with Crippen LogP contribution in [-0.2, 0) is 11.2 Å². The molecule has 5 nitrogen and oxygen atoms in total. The molecule has 3 aromatic rings. The number of likely N-dealkylation sites (N-methyl/N-ethyl adjacent to an activating group) is 1. The lowest BCUT2D eigenvalue weighted by Crippen LogP contribution is -2.47. The summed E-state index contributed by atoms with van der Waals surface area (Å²) in [6.07, 6.45) is 4.95. The molecule has 220 valence electrons. The number of hydrogen-bond donors (Lipinski definition) is 1. The Morgan fingerprint density at radius 3 is 2.51 bits per heavy atom. The van der Waals surface area contributed by atoms with Crippen molar-refractivity contribution in [1.29, 1.82) is 0 Å². The van der Waals surface area contributed by atoms with Crippen molar-refractivity contribution in [2.75, 3.05) is 26.7 Å². The van der Waals surface area contributed by atoms with E-state index in [0.717, 1.165) is 57.3 Å². The lowest BCUT2D eigenvalue weighted by atomic mass is 9.87. The number of thiazole rings is 1. The van der Waals surface area contributed by atoms with Crippen LogP contribution in [0.15, 0.2) is 54.6 Å². The zero-order valence-electron chi connectivity index (χ0n) is 24.8. The number of rotatable bonds is 10. The molecule has 2 aromatic carbocycles. The summed E-state index contributed by atoms with van der Waals surface area (Å²) < 4.78 is 14.3. The molecule has 2 heterocycles. The molecule has 0 spiro atoms. The maximum atomic E-state index is 14.3. The second kappa shape index (κ2) is 13.1. The van der Waals surface area contributed by atoms with Gasteiger partial charge in [-0.25, -0.2) is 9.37 Å². The number of carboxylic acids is 1. The first-order chi connectivity index (χ1) is 19.7. The number of piperidine rings is 1. The number of carboxylic acid groups (broad SMARTS) is 1. The fraction of sp³-hybridized carbons (Fsp3) is 0.529. The van der Waals surface area contributed by atoms with E-state index in [4.69, 9.17) is 4.98 Å². The van der Waals surface area contributed by atoms with Gasteiger partial charge in [-0.1, -0.05) is 56.3 Å². The first kappa shape index (κ1) is 29.9. The van der Waals surface area contributed by atoms with Gasteiger partial charge in [0.25, 0.3) is 0 Å². The first-order valence-electron chi connectivity index (χ1n) is 15.1. The van der Waals surface area contributed by atoms with Crippen LogP contribution in [0.5, 0.6) is 0 Å². The molecule has 1 aliphatic carbocycles. The summed E-state index contributed by atoms with van der Waals surface area (Å²) in [4.78, 5) is 23.1. The van der Waals surface area contributed by atoms with Crippen molar-refractivity contribution in [2.24, 2.45) is 11.8 Å². The van der Waals surface area contributed by atoms with Crippen LogP contribution in [0.2, 0.25) is 0 Å². The van der Waals surface area contributed by atoms with Gasteiger partial charge in [-0.15, -0.1) is 11.3 Å². The summed E-state index contributed by atoms with van der Waals surface area (Å²) in [5.74, 6) is 0.201. The number of aromatic nitrogens is 1. The van der Waals surface area contributed by atoms with E-state index >= 15 is 0 Å². The van der Waals surface area contributed by atoms with Crippen molar-refractivity contribution in [1.82, 2.24) is 14.8 Å². The number of halogens is 1. The lowest BCUT2D eigenvalue weighted by molar-refractivity contribution is -0.145.